The molecule has 0 atom stereocenters. The van der Waals surface area contributed by atoms with E-state index in [1.165, 1.54) is 5.69 Å². The third-order valence-electron chi connectivity index (χ3n) is 2.11. The summed E-state index contributed by atoms with van der Waals surface area (Å²) in [4.78, 5) is 4.87. The minimum atomic E-state index is 0.928. The van der Waals surface area contributed by atoms with Crippen molar-refractivity contribution in [3.63, 3.8) is 0 Å². The third kappa shape index (κ3) is 2.52. The van der Waals surface area contributed by atoms with Crippen LogP contribution in [0.25, 0.3) is 0 Å². The molecule has 0 bridgehead atoms. The van der Waals surface area contributed by atoms with Crippen molar-refractivity contribution in [1.29, 1.82) is 0 Å². The number of halogens is 1. The van der Waals surface area contributed by atoms with E-state index in [1.807, 2.05) is 12.1 Å². The van der Waals surface area contributed by atoms with Gasteiger partial charge in [-0.3, -0.25) is 4.84 Å². The molecule has 13 heavy (non-hydrogen) atoms. The largest absolute Gasteiger partial charge is 0.372 e. The highest BCUT2D eigenvalue weighted by Crippen LogP contribution is 2.17. The van der Waals surface area contributed by atoms with E-state index in [-0.39, 0.29) is 0 Å². The fraction of sp³-hybridized carbons (Fsp3) is 0.400. The first-order valence-corrected chi connectivity index (χ1v) is 4.91. The topological polar surface area (TPSA) is 15.3 Å². The van der Waals surface area contributed by atoms with Crippen LogP contribution in [0, 0.1) is 0 Å². The molecule has 0 unspecified atom stereocenters. The number of rotatable bonds is 4. The molecular weight excluding hydrogens is 184 g/mol. The summed E-state index contributed by atoms with van der Waals surface area (Å²) in [6, 6.07) is 8.08. The van der Waals surface area contributed by atoms with Gasteiger partial charge in [-0.05, 0) is 38.1 Å². The molecule has 1 aromatic carbocycles. The summed E-state index contributed by atoms with van der Waals surface area (Å²) in [5.41, 5.74) is 2.17. The Labute approximate surface area is 84.6 Å². The van der Waals surface area contributed by atoms with Crippen LogP contribution >= 0.6 is 11.8 Å². The predicted molar refractivity (Wildman–Crippen MR) is 59.5 cm³/mol. The molecule has 0 heterocycles. The van der Waals surface area contributed by atoms with Crippen LogP contribution in [0.1, 0.15) is 13.8 Å². The van der Waals surface area contributed by atoms with Crippen molar-refractivity contribution in [2.24, 2.45) is 0 Å². The Bertz CT molecular complexity index is 242. The Morgan fingerprint density at radius 3 is 2.08 bits per heavy atom. The summed E-state index contributed by atoms with van der Waals surface area (Å²) < 4.78 is 0. The molecule has 0 radical (unpaired) electrons. The monoisotopic (exact) mass is 198 g/mol. The molecule has 0 saturated carbocycles. The summed E-state index contributed by atoms with van der Waals surface area (Å²) in [5, 5.41) is 0. The molecule has 1 rings (SSSR count). The van der Waals surface area contributed by atoms with Crippen LogP contribution in [0.4, 0.5) is 11.4 Å². The predicted octanol–water partition coefficient (Wildman–Crippen LogP) is 3.10. The highest BCUT2D eigenvalue weighted by atomic mass is 35.5. The summed E-state index contributed by atoms with van der Waals surface area (Å²) in [5.74, 6) is 0. The first-order chi connectivity index (χ1) is 6.31. The molecular formula is C10H15ClN2. The van der Waals surface area contributed by atoms with Crippen LogP contribution in [0.5, 0.6) is 0 Å². The van der Waals surface area contributed by atoms with E-state index in [0.717, 1.165) is 18.8 Å². The Kier molecular flexibility index (Phi) is 3.90. The maximum atomic E-state index is 5.46. The molecule has 0 aliphatic carbocycles. The van der Waals surface area contributed by atoms with Crippen molar-refractivity contribution in [2.45, 2.75) is 13.8 Å². The summed E-state index contributed by atoms with van der Waals surface area (Å²) in [6.45, 7) is 6.36. The second-order valence-corrected chi connectivity index (χ2v) is 3.00. The number of nitrogens with one attached hydrogen (secondary N) is 1. The molecule has 2 nitrogen and oxygen atoms in total. The Balaban J connectivity index is 2.78. The molecule has 0 saturated heterocycles. The average molecular weight is 199 g/mol. The fourth-order valence-electron chi connectivity index (χ4n) is 1.32. The first-order valence-electron chi connectivity index (χ1n) is 4.53. The Hall–Kier alpha value is -0.890. The second-order valence-electron chi connectivity index (χ2n) is 2.81. The fourth-order valence-corrected chi connectivity index (χ4v) is 1.45. The SMILES string of the molecule is CCN(CC)c1ccc(NCl)cc1. The van der Waals surface area contributed by atoms with Crippen molar-refractivity contribution in [2.75, 3.05) is 22.8 Å². The molecule has 0 aliphatic rings. The minimum Gasteiger partial charge on any atom is -0.372 e. The molecule has 0 fully saturated rings. The quantitative estimate of drug-likeness (QED) is 0.748. The third-order valence-corrected chi connectivity index (χ3v) is 2.32. The molecule has 1 aromatic rings. The lowest BCUT2D eigenvalue weighted by Crippen LogP contribution is -2.21. The zero-order chi connectivity index (χ0) is 9.68. The van der Waals surface area contributed by atoms with Crippen LogP contribution in [0.15, 0.2) is 24.3 Å². The van der Waals surface area contributed by atoms with Crippen molar-refractivity contribution < 1.29 is 0 Å². The minimum absolute atomic E-state index is 0.928. The lowest BCUT2D eigenvalue weighted by Gasteiger charge is -2.20. The highest BCUT2D eigenvalue weighted by molar-refractivity contribution is 6.23. The molecule has 0 amide bonds. The van der Waals surface area contributed by atoms with E-state index in [4.69, 9.17) is 11.8 Å². The van der Waals surface area contributed by atoms with E-state index < -0.39 is 0 Å². The maximum Gasteiger partial charge on any atom is 0.0493 e. The molecule has 72 valence electrons. The normalized spacial score (nSPS) is 9.77. The van der Waals surface area contributed by atoms with Gasteiger partial charge >= 0.3 is 0 Å². The standard InChI is InChI=1S/C10H15ClN2/c1-3-13(4-2)10-7-5-9(12-11)6-8-10/h5-8,12H,3-4H2,1-2H3. The van der Waals surface area contributed by atoms with Gasteiger partial charge in [0.2, 0.25) is 0 Å². The maximum absolute atomic E-state index is 5.46. The van der Waals surface area contributed by atoms with Gasteiger partial charge in [-0.25, -0.2) is 0 Å². The zero-order valence-electron chi connectivity index (χ0n) is 8.05. The lowest BCUT2D eigenvalue weighted by atomic mass is 10.2. The highest BCUT2D eigenvalue weighted by Gasteiger charge is 1.99. The van der Waals surface area contributed by atoms with Gasteiger partial charge in [0.1, 0.15) is 0 Å². The van der Waals surface area contributed by atoms with Gasteiger partial charge in [0, 0.05) is 36.2 Å². The number of hydrogen-bond donors (Lipinski definition) is 1. The molecule has 3 heteroatoms. The van der Waals surface area contributed by atoms with Crippen LogP contribution in [0.3, 0.4) is 0 Å². The van der Waals surface area contributed by atoms with Gasteiger partial charge < -0.3 is 4.90 Å². The molecule has 0 spiro atoms. The number of nitrogens with zero attached hydrogens (tertiary/aromatic N) is 1. The van der Waals surface area contributed by atoms with Crippen molar-refractivity contribution in [3.05, 3.63) is 24.3 Å². The number of anilines is 2. The summed E-state index contributed by atoms with van der Waals surface area (Å²) >= 11 is 5.46. The zero-order valence-corrected chi connectivity index (χ0v) is 8.80. The van der Waals surface area contributed by atoms with E-state index in [1.54, 1.807) is 0 Å². The smallest absolute Gasteiger partial charge is 0.0493 e. The van der Waals surface area contributed by atoms with Gasteiger partial charge in [-0.1, -0.05) is 0 Å². The van der Waals surface area contributed by atoms with Gasteiger partial charge in [-0.15, -0.1) is 0 Å². The number of hydrogen-bond acceptors (Lipinski definition) is 2. The second kappa shape index (κ2) is 4.97. The first kappa shape index (κ1) is 10.2. The Morgan fingerprint density at radius 1 is 1.15 bits per heavy atom. The van der Waals surface area contributed by atoms with Crippen LogP contribution in [-0.4, -0.2) is 13.1 Å². The van der Waals surface area contributed by atoms with E-state index in [9.17, 15) is 0 Å². The summed E-state index contributed by atoms with van der Waals surface area (Å²) in [7, 11) is 0. The van der Waals surface area contributed by atoms with Crippen molar-refractivity contribution in [3.8, 4) is 0 Å². The van der Waals surface area contributed by atoms with Gasteiger partial charge in [0.25, 0.3) is 0 Å². The van der Waals surface area contributed by atoms with Gasteiger partial charge in [0.05, 0.1) is 0 Å². The van der Waals surface area contributed by atoms with Crippen LogP contribution < -0.4 is 9.74 Å². The van der Waals surface area contributed by atoms with Gasteiger partial charge in [0.15, 0.2) is 0 Å². The van der Waals surface area contributed by atoms with Crippen LogP contribution in [-0.2, 0) is 0 Å². The molecule has 1 N–H and O–H groups in total. The van der Waals surface area contributed by atoms with Gasteiger partial charge in [-0.2, -0.15) is 0 Å². The lowest BCUT2D eigenvalue weighted by molar-refractivity contribution is 0.866. The summed E-state index contributed by atoms with van der Waals surface area (Å²) in [6.07, 6.45) is 0. The van der Waals surface area contributed by atoms with E-state index in [2.05, 4.69) is 35.7 Å². The van der Waals surface area contributed by atoms with Crippen LogP contribution in [0.2, 0.25) is 0 Å². The number of benzene rings is 1. The van der Waals surface area contributed by atoms with E-state index in [0.29, 0.717) is 0 Å². The average Bonchev–Trinajstić information content (AvgIpc) is 2.21. The molecule has 0 aliphatic heterocycles. The molecule has 0 aromatic heterocycles. The van der Waals surface area contributed by atoms with Crippen molar-refractivity contribution in [1.82, 2.24) is 0 Å². The van der Waals surface area contributed by atoms with E-state index >= 15 is 0 Å². The van der Waals surface area contributed by atoms with Crippen molar-refractivity contribution >= 4 is 23.2 Å². The Morgan fingerprint density at radius 2 is 1.69 bits per heavy atom.